The van der Waals surface area contributed by atoms with Gasteiger partial charge in [0.15, 0.2) is 6.10 Å². The number of nitrogens with one attached hydrogen (secondary N) is 1. The average molecular weight is 841 g/mol. The molecular formula is C34H43BrIN5O7. The maximum atomic E-state index is 14.0. The number of ether oxygens (including phenoxy) is 1. The fourth-order valence-electron chi connectivity index (χ4n) is 7.51. The van der Waals surface area contributed by atoms with E-state index in [1.54, 1.807) is 32.0 Å². The zero-order valence-electron chi connectivity index (χ0n) is 26.8. The largest absolute Gasteiger partial charge is 0.507 e. The van der Waals surface area contributed by atoms with Crippen LogP contribution in [0.5, 0.6) is 5.75 Å². The highest BCUT2D eigenvalue weighted by Gasteiger charge is 2.37. The first kappa shape index (κ1) is 34.9. The lowest BCUT2D eigenvalue weighted by atomic mass is 10.0. The first-order valence-electron chi connectivity index (χ1n) is 16.7. The number of rotatable bonds is 7. The van der Waals surface area contributed by atoms with Crippen LogP contribution in [0.15, 0.2) is 46.9 Å². The van der Waals surface area contributed by atoms with Gasteiger partial charge in [0.1, 0.15) is 5.75 Å². The van der Waals surface area contributed by atoms with Crippen molar-refractivity contribution in [3.8, 4) is 5.75 Å². The fraction of sp³-hybridized carbons (Fsp3) is 0.529. The minimum atomic E-state index is -3.20. The second-order valence-corrected chi connectivity index (χ2v) is 16.0. The van der Waals surface area contributed by atoms with Crippen molar-refractivity contribution >= 4 is 63.4 Å². The van der Waals surface area contributed by atoms with E-state index in [2.05, 4.69) is 26.1 Å². The Morgan fingerprint density at radius 2 is 1.69 bits per heavy atom. The Morgan fingerprint density at radius 3 is 2.42 bits per heavy atom. The molecule has 3 fully saturated rings. The number of piperidine rings is 2. The molecule has 0 saturated carbocycles. The van der Waals surface area contributed by atoms with Gasteiger partial charge in [0.25, 0.3) is 5.91 Å². The third-order valence-electron chi connectivity index (χ3n) is 10.1. The van der Waals surface area contributed by atoms with Gasteiger partial charge in [-0.05, 0) is 96.7 Å². The van der Waals surface area contributed by atoms with Crippen molar-refractivity contribution in [1.29, 1.82) is 0 Å². The number of carbonyl (C=O) groups excluding carboxylic acids is 3. The third-order valence-corrected chi connectivity index (χ3v) is 12.2. The van der Waals surface area contributed by atoms with E-state index in [1.807, 2.05) is 29.2 Å². The van der Waals surface area contributed by atoms with Gasteiger partial charge in [-0.3, -0.25) is 9.69 Å². The van der Waals surface area contributed by atoms with Crippen molar-refractivity contribution in [1.82, 2.24) is 19.6 Å². The van der Waals surface area contributed by atoms with Crippen LogP contribution in [0.25, 0.3) is 0 Å². The van der Waals surface area contributed by atoms with Gasteiger partial charge in [0, 0.05) is 67.0 Å². The molecule has 4 aliphatic rings. The highest BCUT2D eigenvalue weighted by Crippen LogP contribution is 2.29. The number of hydrogen-bond acceptors (Lipinski definition) is 7. The Labute approximate surface area is 296 Å². The van der Waals surface area contributed by atoms with E-state index < -0.39 is 31.9 Å². The van der Waals surface area contributed by atoms with Crippen molar-refractivity contribution in [2.45, 2.75) is 75.6 Å². The van der Waals surface area contributed by atoms with E-state index in [9.17, 15) is 26.0 Å². The predicted octanol–water partition coefficient (Wildman–Crippen LogP) is 4.77. The van der Waals surface area contributed by atoms with Crippen molar-refractivity contribution < 1.29 is 30.7 Å². The molecule has 0 spiro atoms. The number of aromatic hydroxyl groups is 1. The lowest BCUT2D eigenvalue weighted by molar-refractivity contribution is -0.142. The number of likely N-dealkylation sites (tertiary alicyclic amines) is 3. The van der Waals surface area contributed by atoms with Crippen molar-refractivity contribution in [2.24, 2.45) is 0 Å². The molecule has 0 bridgehead atoms. The minimum Gasteiger partial charge on any atom is -0.507 e. The number of phenols is 1. The molecule has 0 aromatic heterocycles. The summed E-state index contributed by atoms with van der Waals surface area (Å²) in [6.45, 7) is 3.32. The number of anilines is 1. The summed E-state index contributed by atoms with van der Waals surface area (Å²) in [5, 5.41) is 13.0. The minimum absolute atomic E-state index is 0.0104. The number of hydrogen-bond donors (Lipinski definition) is 3. The number of phenolic OH excluding ortho intramolecular Hbond substituents is 1. The number of fused-ring (bicyclic) bond motifs is 1. The molecule has 3 saturated heterocycles. The fourth-order valence-corrected chi connectivity index (χ4v) is 9.42. The summed E-state index contributed by atoms with van der Waals surface area (Å²) in [4.78, 5) is 48.1. The van der Waals surface area contributed by atoms with Crippen LogP contribution in [0.4, 0.5) is 15.3 Å². The first-order chi connectivity index (χ1) is 23.2. The van der Waals surface area contributed by atoms with Gasteiger partial charge in [-0.2, -0.15) is 0 Å². The number of urea groups is 1. The highest BCUT2D eigenvalue weighted by molar-refractivity contribution is 14.2. The lowest BCUT2D eigenvalue weighted by Gasteiger charge is -2.40. The third kappa shape index (κ3) is 8.25. The standard InChI is InChI=1S/C34H43BrIN5O7/c35-28-20-23(7-8-30(28)42)21-31(32(43)38-15-10-25(11-16-38)40-14-3-5-27(40)22-36(46)47)48-34(45)39-17-12-26(13-18-39)41-19-9-24-4-1-2-6-29(24)37-33(41)44/h1-2,4,6-8,20,22,25-27,31,42H,3,5,9-19,21H2,(H,37,44)(H,46,47)/t27?,31-/m1/s1. The van der Waals surface area contributed by atoms with Gasteiger partial charge < -0.3 is 33.3 Å². The molecule has 48 heavy (non-hydrogen) atoms. The SMILES string of the molecule is O=C(O[C@H](Cc1ccc(O)c(Br)c1)C(=O)N1CCC(N2CCCC2/C=I(=O)/O)CC1)N1CCC(N2CCc3ccccc3NC2=O)CC1. The number of halogens is 2. The second kappa shape index (κ2) is 15.7. The number of para-hydroxylation sites is 1. The second-order valence-electron chi connectivity index (χ2n) is 13.0. The van der Waals surface area contributed by atoms with Crippen LogP contribution in [0.3, 0.4) is 0 Å². The van der Waals surface area contributed by atoms with Crippen LogP contribution in [0, 0.1) is 0 Å². The van der Waals surface area contributed by atoms with Crippen molar-refractivity contribution in [3.05, 3.63) is 58.1 Å². The van der Waals surface area contributed by atoms with Crippen LogP contribution >= 0.6 is 35.7 Å². The number of amides is 4. The molecule has 0 radical (unpaired) electrons. The van der Waals surface area contributed by atoms with Crippen LogP contribution in [0.2, 0.25) is 0 Å². The quantitative estimate of drug-likeness (QED) is 0.339. The van der Waals surface area contributed by atoms with Gasteiger partial charge in [0.2, 0.25) is 19.7 Å². The predicted molar refractivity (Wildman–Crippen MR) is 193 cm³/mol. The normalized spacial score (nSPS) is 22.6. The maximum Gasteiger partial charge on any atom is 0.410 e. The molecule has 14 heteroatoms. The van der Waals surface area contributed by atoms with Crippen LogP contribution < -0.4 is 5.32 Å². The Morgan fingerprint density at radius 1 is 0.979 bits per heavy atom. The van der Waals surface area contributed by atoms with E-state index in [0.29, 0.717) is 50.0 Å². The number of carbonyl (C=O) groups is 3. The van der Waals surface area contributed by atoms with Gasteiger partial charge in [0.05, 0.1) is 4.47 Å². The molecule has 4 heterocycles. The molecule has 3 N–H and O–H groups in total. The van der Waals surface area contributed by atoms with E-state index in [4.69, 9.17) is 4.74 Å². The number of benzene rings is 2. The van der Waals surface area contributed by atoms with Crippen molar-refractivity contribution in [2.75, 3.05) is 44.6 Å². The zero-order chi connectivity index (χ0) is 33.8. The van der Waals surface area contributed by atoms with Crippen LogP contribution in [-0.2, 0) is 25.4 Å². The maximum absolute atomic E-state index is 14.0. The molecule has 2 aromatic rings. The summed E-state index contributed by atoms with van der Waals surface area (Å²) in [5.41, 5.74) is 2.68. The molecule has 4 amide bonds. The van der Waals surface area contributed by atoms with Gasteiger partial charge in [-0.15, -0.1) is 0 Å². The summed E-state index contributed by atoms with van der Waals surface area (Å²) in [7, 11) is 0. The summed E-state index contributed by atoms with van der Waals surface area (Å²) in [6.07, 6.45) is 3.88. The smallest absolute Gasteiger partial charge is 0.410 e. The Balaban J connectivity index is 1.08. The van der Waals surface area contributed by atoms with Crippen molar-refractivity contribution in [3.63, 3.8) is 0 Å². The summed E-state index contributed by atoms with van der Waals surface area (Å²) in [6, 6.07) is 12.9. The van der Waals surface area contributed by atoms with E-state index in [-0.39, 0.29) is 42.2 Å². The first-order valence-corrected chi connectivity index (χ1v) is 20.6. The number of nitrogens with zero attached hydrogens (tertiary/aromatic N) is 4. The average Bonchev–Trinajstić information content (AvgIpc) is 3.46. The summed E-state index contributed by atoms with van der Waals surface area (Å²) in [5.74, 6) is -0.176. The Hall–Kier alpha value is -2.95. The molecule has 6 rings (SSSR count). The molecule has 2 atom stereocenters. The van der Waals surface area contributed by atoms with Gasteiger partial charge in [-0.25, -0.2) is 12.7 Å². The molecule has 4 aliphatic heterocycles. The van der Waals surface area contributed by atoms with Gasteiger partial charge in [-0.1, -0.05) is 24.3 Å². The van der Waals surface area contributed by atoms with E-state index in [0.717, 1.165) is 55.5 Å². The summed E-state index contributed by atoms with van der Waals surface area (Å²) < 4.78 is 29.2. The monoisotopic (exact) mass is 839 g/mol. The molecule has 260 valence electrons. The van der Waals surface area contributed by atoms with Gasteiger partial charge >= 0.3 is 12.1 Å². The molecule has 1 unspecified atom stereocenters. The highest BCUT2D eigenvalue weighted by atomic mass is 127. The van der Waals surface area contributed by atoms with E-state index >= 15 is 0 Å². The lowest BCUT2D eigenvalue weighted by Crippen LogP contribution is -2.53. The molecular weight excluding hydrogens is 797 g/mol. The molecule has 12 nitrogen and oxygen atoms in total. The zero-order valence-corrected chi connectivity index (χ0v) is 30.6. The van der Waals surface area contributed by atoms with Crippen LogP contribution in [0.1, 0.15) is 49.7 Å². The Kier molecular flexibility index (Phi) is 11.4. The van der Waals surface area contributed by atoms with E-state index in [1.165, 1.54) is 0 Å². The summed E-state index contributed by atoms with van der Waals surface area (Å²) >= 11 is 0.148. The van der Waals surface area contributed by atoms with Crippen LogP contribution in [-0.4, -0.2) is 114 Å². The topological polar surface area (TPSA) is 143 Å². The molecule has 2 aromatic carbocycles. The molecule has 0 aliphatic carbocycles. The Bertz CT molecular complexity index is 1590.